The Morgan fingerprint density at radius 1 is 1.22 bits per heavy atom. The predicted molar refractivity (Wildman–Crippen MR) is 92.2 cm³/mol. The van der Waals surface area contributed by atoms with Crippen molar-refractivity contribution in [3.05, 3.63) is 45.8 Å². The fourth-order valence-electron chi connectivity index (χ4n) is 2.16. The molecule has 0 unspecified atom stereocenters. The fourth-order valence-corrected chi connectivity index (χ4v) is 3.23. The molecule has 6 heteroatoms. The summed E-state index contributed by atoms with van der Waals surface area (Å²) in [4.78, 5) is 24.9. The fraction of sp³-hybridized carbons (Fsp3) is 0.294. The molecule has 1 heterocycles. The Kier molecular flexibility index (Phi) is 5.05. The van der Waals surface area contributed by atoms with E-state index in [-0.39, 0.29) is 5.91 Å². The number of primary amides is 1. The number of nitrogens with two attached hydrogens (primary N) is 1. The Hall–Kier alpha value is -2.34. The molecule has 122 valence electrons. The Morgan fingerprint density at radius 3 is 2.48 bits per heavy atom. The number of para-hydroxylation sites is 1. The number of hydrogen-bond donors (Lipinski definition) is 2. The van der Waals surface area contributed by atoms with Gasteiger partial charge in [0.05, 0.1) is 5.56 Å². The van der Waals surface area contributed by atoms with Crippen LogP contribution in [0.3, 0.4) is 0 Å². The molecule has 1 aromatic carbocycles. The van der Waals surface area contributed by atoms with Crippen LogP contribution >= 0.6 is 11.3 Å². The second-order valence-corrected chi connectivity index (χ2v) is 6.59. The number of rotatable bonds is 5. The first kappa shape index (κ1) is 17.0. The monoisotopic (exact) mass is 332 g/mol. The van der Waals surface area contributed by atoms with Crippen LogP contribution in [0.5, 0.6) is 5.75 Å². The van der Waals surface area contributed by atoms with Gasteiger partial charge in [0.15, 0.2) is 6.10 Å². The largest absolute Gasteiger partial charge is 0.481 e. The zero-order chi connectivity index (χ0) is 17.1. The second-order valence-electron chi connectivity index (χ2n) is 5.37. The average molecular weight is 332 g/mol. The van der Waals surface area contributed by atoms with Crippen LogP contribution in [-0.4, -0.2) is 17.9 Å². The van der Waals surface area contributed by atoms with Crippen LogP contribution in [-0.2, 0) is 4.79 Å². The molecule has 3 N–H and O–H groups in total. The first-order valence-electron chi connectivity index (χ1n) is 7.24. The summed E-state index contributed by atoms with van der Waals surface area (Å²) in [7, 11) is 0. The number of ether oxygens (including phenoxy) is 1. The molecule has 5 nitrogen and oxygen atoms in total. The van der Waals surface area contributed by atoms with Gasteiger partial charge in [-0.05, 0) is 44.9 Å². The first-order valence-corrected chi connectivity index (χ1v) is 8.05. The van der Waals surface area contributed by atoms with E-state index in [0.29, 0.717) is 16.3 Å². The van der Waals surface area contributed by atoms with Crippen LogP contribution in [0.15, 0.2) is 24.3 Å². The lowest BCUT2D eigenvalue weighted by Gasteiger charge is -2.16. The van der Waals surface area contributed by atoms with Gasteiger partial charge >= 0.3 is 0 Å². The maximum absolute atomic E-state index is 12.3. The van der Waals surface area contributed by atoms with Crippen LogP contribution in [0.25, 0.3) is 0 Å². The number of hydrogen-bond acceptors (Lipinski definition) is 4. The minimum Gasteiger partial charge on any atom is -0.481 e. The van der Waals surface area contributed by atoms with Gasteiger partial charge in [0.25, 0.3) is 11.8 Å². The lowest BCUT2D eigenvalue weighted by molar-refractivity contribution is -0.122. The average Bonchev–Trinajstić information content (AvgIpc) is 2.76. The highest BCUT2D eigenvalue weighted by Gasteiger charge is 2.22. The van der Waals surface area contributed by atoms with Crippen LogP contribution in [0.2, 0.25) is 0 Å². The highest BCUT2D eigenvalue weighted by atomic mass is 32.1. The Labute approximate surface area is 139 Å². The van der Waals surface area contributed by atoms with Gasteiger partial charge in [-0.2, -0.15) is 0 Å². The molecule has 0 fully saturated rings. The number of carbonyl (C=O) groups is 2. The van der Waals surface area contributed by atoms with Crippen LogP contribution < -0.4 is 15.8 Å². The summed E-state index contributed by atoms with van der Waals surface area (Å²) in [5, 5.41) is 3.22. The first-order chi connectivity index (χ1) is 10.8. The molecule has 0 saturated carbocycles. The van der Waals surface area contributed by atoms with Gasteiger partial charge in [0.1, 0.15) is 10.8 Å². The third-order valence-electron chi connectivity index (χ3n) is 3.64. The molecule has 0 aliphatic heterocycles. The number of carbonyl (C=O) groups excluding carboxylic acids is 2. The molecule has 1 aromatic heterocycles. The molecule has 2 amide bonds. The smallest absolute Gasteiger partial charge is 0.265 e. The summed E-state index contributed by atoms with van der Waals surface area (Å²) < 4.78 is 5.69. The van der Waals surface area contributed by atoms with Crippen molar-refractivity contribution in [1.82, 2.24) is 0 Å². The minimum atomic E-state index is -0.695. The molecular formula is C17H20N2O3S. The van der Waals surface area contributed by atoms with Crippen molar-refractivity contribution in [2.24, 2.45) is 5.73 Å². The Balaban J connectivity index is 2.15. The Morgan fingerprint density at radius 2 is 1.87 bits per heavy atom. The van der Waals surface area contributed by atoms with Gasteiger partial charge in [0.2, 0.25) is 0 Å². The lowest BCUT2D eigenvalue weighted by atomic mass is 10.1. The van der Waals surface area contributed by atoms with Gasteiger partial charge in [-0.1, -0.05) is 18.2 Å². The highest BCUT2D eigenvalue weighted by molar-refractivity contribution is 7.16. The molecule has 0 spiro atoms. The van der Waals surface area contributed by atoms with Crippen molar-refractivity contribution < 1.29 is 14.3 Å². The van der Waals surface area contributed by atoms with Gasteiger partial charge in [0, 0.05) is 4.88 Å². The van der Waals surface area contributed by atoms with Gasteiger partial charge in [-0.3, -0.25) is 9.59 Å². The SMILES string of the molecule is Cc1ccccc1O[C@@H](C)C(=O)Nc1sc(C)c(C)c1C(N)=O. The standard InChI is InChI=1S/C17H20N2O3S/c1-9-7-5-6-8-13(9)22-11(3)16(21)19-17-14(15(18)20)10(2)12(4)23-17/h5-8,11H,1-4H3,(H2,18,20)(H,19,21)/t11-/m0/s1. The van der Waals surface area contributed by atoms with E-state index in [1.54, 1.807) is 6.92 Å². The normalized spacial score (nSPS) is 11.8. The van der Waals surface area contributed by atoms with E-state index in [9.17, 15) is 9.59 Å². The molecule has 0 aliphatic rings. The van der Waals surface area contributed by atoms with E-state index in [4.69, 9.17) is 10.5 Å². The summed E-state index contributed by atoms with van der Waals surface area (Å²) in [5.41, 5.74) is 7.52. The molecule has 2 rings (SSSR count). The van der Waals surface area contributed by atoms with E-state index >= 15 is 0 Å². The predicted octanol–water partition coefficient (Wildman–Crippen LogP) is 3.18. The van der Waals surface area contributed by atoms with E-state index in [0.717, 1.165) is 16.0 Å². The summed E-state index contributed by atoms with van der Waals surface area (Å²) >= 11 is 1.34. The number of thiophene rings is 1. The molecule has 0 bridgehead atoms. The van der Waals surface area contributed by atoms with Crippen molar-refractivity contribution in [3.8, 4) is 5.75 Å². The summed E-state index contributed by atoms with van der Waals surface area (Å²) in [5.74, 6) is -0.213. The summed E-state index contributed by atoms with van der Waals surface area (Å²) in [6, 6.07) is 7.48. The molecule has 1 atom stereocenters. The van der Waals surface area contributed by atoms with Crippen molar-refractivity contribution in [2.45, 2.75) is 33.8 Å². The van der Waals surface area contributed by atoms with Crippen molar-refractivity contribution in [2.75, 3.05) is 5.32 Å². The van der Waals surface area contributed by atoms with E-state index in [1.165, 1.54) is 11.3 Å². The van der Waals surface area contributed by atoms with Crippen molar-refractivity contribution >= 4 is 28.2 Å². The van der Waals surface area contributed by atoms with Gasteiger partial charge in [-0.25, -0.2) is 0 Å². The highest BCUT2D eigenvalue weighted by Crippen LogP contribution is 2.32. The van der Waals surface area contributed by atoms with Gasteiger partial charge in [-0.15, -0.1) is 11.3 Å². The van der Waals surface area contributed by atoms with Crippen LogP contribution in [0, 0.1) is 20.8 Å². The van der Waals surface area contributed by atoms with Crippen molar-refractivity contribution in [1.29, 1.82) is 0 Å². The Bertz CT molecular complexity index is 752. The molecule has 0 saturated heterocycles. The molecule has 0 radical (unpaired) electrons. The van der Waals surface area contributed by atoms with E-state index < -0.39 is 12.0 Å². The summed E-state index contributed by atoms with van der Waals surface area (Å²) in [6.45, 7) is 7.28. The second kappa shape index (κ2) is 6.83. The number of nitrogens with one attached hydrogen (secondary N) is 1. The third-order valence-corrected chi connectivity index (χ3v) is 4.76. The quantitative estimate of drug-likeness (QED) is 0.882. The molecule has 0 aliphatic carbocycles. The van der Waals surface area contributed by atoms with Crippen LogP contribution in [0.1, 0.15) is 33.3 Å². The topological polar surface area (TPSA) is 81.4 Å². The molecule has 23 heavy (non-hydrogen) atoms. The maximum Gasteiger partial charge on any atom is 0.265 e. The van der Waals surface area contributed by atoms with Crippen molar-refractivity contribution in [3.63, 3.8) is 0 Å². The maximum atomic E-state index is 12.3. The number of amides is 2. The number of benzene rings is 1. The third kappa shape index (κ3) is 3.71. The number of aryl methyl sites for hydroxylation is 2. The summed E-state index contributed by atoms with van der Waals surface area (Å²) in [6.07, 6.45) is -0.695. The zero-order valence-corrected chi connectivity index (χ0v) is 14.4. The lowest BCUT2D eigenvalue weighted by Crippen LogP contribution is -2.30. The zero-order valence-electron chi connectivity index (χ0n) is 13.6. The van der Waals surface area contributed by atoms with E-state index in [2.05, 4.69) is 5.32 Å². The molecule has 2 aromatic rings. The number of anilines is 1. The van der Waals surface area contributed by atoms with Crippen LogP contribution in [0.4, 0.5) is 5.00 Å². The minimum absolute atomic E-state index is 0.322. The molecular weight excluding hydrogens is 312 g/mol. The van der Waals surface area contributed by atoms with Gasteiger partial charge < -0.3 is 15.8 Å². The van der Waals surface area contributed by atoms with E-state index in [1.807, 2.05) is 45.0 Å².